The summed E-state index contributed by atoms with van der Waals surface area (Å²) in [7, 11) is 0. The van der Waals surface area contributed by atoms with E-state index >= 15 is 0 Å². The van der Waals surface area contributed by atoms with Crippen molar-refractivity contribution in [3.8, 4) is 0 Å². The number of hydrogen-bond acceptors (Lipinski definition) is 2. The zero-order chi connectivity index (χ0) is 19.5. The number of para-hydroxylation sites is 1. The van der Waals surface area contributed by atoms with Gasteiger partial charge in [-0.25, -0.2) is 4.57 Å². The number of rotatable bonds is 11. The lowest BCUT2D eigenvalue weighted by Crippen LogP contribution is -2.34. The van der Waals surface area contributed by atoms with Gasteiger partial charge in [0.05, 0.1) is 5.69 Å². The molecule has 0 aliphatic rings. The van der Waals surface area contributed by atoms with E-state index in [-0.39, 0.29) is 0 Å². The summed E-state index contributed by atoms with van der Waals surface area (Å²) >= 11 is 0. The quantitative estimate of drug-likeness (QED) is 0.350. The predicted octanol–water partition coefficient (Wildman–Crippen LogP) is 4.24. The van der Waals surface area contributed by atoms with Crippen LogP contribution >= 0.6 is 0 Å². The molecule has 27 heavy (non-hydrogen) atoms. The molecule has 146 valence electrons. The fraction of sp³-hybridized carbons (Fsp3) is 0.429. The summed E-state index contributed by atoms with van der Waals surface area (Å²) in [6, 6.07) is 11.5. The highest BCUT2D eigenvalue weighted by Crippen LogP contribution is 2.18. The van der Waals surface area contributed by atoms with Gasteiger partial charge in [0.2, 0.25) is 0 Å². The first-order valence-electron chi connectivity index (χ1n) is 9.50. The van der Waals surface area contributed by atoms with Gasteiger partial charge in [0, 0.05) is 18.6 Å². The zero-order valence-electron chi connectivity index (χ0n) is 15.8. The van der Waals surface area contributed by atoms with Crippen LogP contribution in [-0.4, -0.2) is 12.3 Å². The van der Waals surface area contributed by atoms with Crippen LogP contribution in [0.2, 0.25) is 0 Å². The van der Waals surface area contributed by atoms with Gasteiger partial charge < -0.3 is 0 Å². The summed E-state index contributed by atoms with van der Waals surface area (Å²) < 4.78 is 26.8. The second-order valence-electron chi connectivity index (χ2n) is 6.61. The van der Waals surface area contributed by atoms with Crippen molar-refractivity contribution in [2.45, 2.75) is 58.4 Å². The van der Waals surface area contributed by atoms with E-state index in [1.807, 2.05) is 17.6 Å². The molecule has 1 aromatic heterocycles. The maximum atomic E-state index is 12.3. The summed E-state index contributed by atoms with van der Waals surface area (Å²) in [6.45, 7) is 3.23. The van der Waals surface area contributed by atoms with Crippen LogP contribution in [0, 0.1) is 0 Å². The minimum Gasteiger partial charge on any atom is -0.298 e. The van der Waals surface area contributed by atoms with Gasteiger partial charge in [-0.15, -0.1) is 0 Å². The standard InChI is InChI=1S/C21H27F2N3O/c1-2-3-4-5-8-13-26-14-11-17(12-15-26)16-18-9-6-7-10-19(18)24-25-21(27)20(22)23/h6-7,9-12,14-15,20,24H,2-5,8,13,16H2,1H3/p+1. The number of hydrogen-bond donors (Lipinski definition) is 2. The summed E-state index contributed by atoms with van der Waals surface area (Å²) in [5.41, 5.74) is 7.26. The number of pyridine rings is 1. The van der Waals surface area contributed by atoms with E-state index in [4.69, 9.17) is 0 Å². The molecule has 0 aliphatic carbocycles. The number of aromatic nitrogens is 1. The van der Waals surface area contributed by atoms with Gasteiger partial charge in [0.15, 0.2) is 12.4 Å². The van der Waals surface area contributed by atoms with Crippen molar-refractivity contribution < 1.29 is 18.1 Å². The fourth-order valence-corrected chi connectivity index (χ4v) is 2.85. The molecular weight excluding hydrogens is 348 g/mol. The third-order valence-corrected chi connectivity index (χ3v) is 4.41. The predicted molar refractivity (Wildman–Crippen MR) is 102 cm³/mol. The van der Waals surface area contributed by atoms with Crippen LogP contribution in [-0.2, 0) is 17.8 Å². The molecule has 0 saturated heterocycles. The molecule has 0 radical (unpaired) electrons. The van der Waals surface area contributed by atoms with Gasteiger partial charge in [0.25, 0.3) is 0 Å². The number of amides is 1. The number of carbonyl (C=O) groups excluding carboxylic acids is 1. The van der Waals surface area contributed by atoms with Gasteiger partial charge in [-0.2, -0.15) is 8.78 Å². The lowest BCUT2D eigenvalue weighted by atomic mass is 10.0. The number of carbonyl (C=O) groups is 1. The lowest BCUT2D eigenvalue weighted by Gasteiger charge is -2.12. The Kier molecular flexibility index (Phi) is 8.68. The molecule has 1 heterocycles. The van der Waals surface area contributed by atoms with Gasteiger partial charge in [-0.1, -0.05) is 44.4 Å². The molecule has 2 aromatic rings. The number of alkyl halides is 2. The van der Waals surface area contributed by atoms with Crippen LogP contribution in [0.3, 0.4) is 0 Å². The van der Waals surface area contributed by atoms with Crippen LogP contribution in [0.5, 0.6) is 0 Å². The minimum atomic E-state index is -3.05. The Morgan fingerprint density at radius 3 is 2.44 bits per heavy atom. The van der Waals surface area contributed by atoms with Gasteiger partial charge in [0.1, 0.15) is 6.54 Å². The summed E-state index contributed by atoms with van der Waals surface area (Å²) in [4.78, 5) is 11.0. The Hall–Kier alpha value is -2.50. The highest BCUT2D eigenvalue weighted by Gasteiger charge is 2.14. The number of aryl methyl sites for hydroxylation is 1. The third-order valence-electron chi connectivity index (χ3n) is 4.41. The average molecular weight is 376 g/mol. The monoisotopic (exact) mass is 376 g/mol. The molecule has 1 amide bonds. The van der Waals surface area contributed by atoms with Crippen molar-refractivity contribution in [2.24, 2.45) is 0 Å². The topological polar surface area (TPSA) is 45.0 Å². The number of unbranched alkanes of at least 4 members (excludes halogenated alkanes) is 4. The Labute approximate surface area is 159 Å². The van der Waals surface area contributed by atoms with E-state index < -0.39 is 12.3 Å². The number of anilines is 1. The molecule has 0 fully saturated rings. The zero-order valence-corrected chi connectivity index (χ0v) is 15.8. The highest BCUT2D eigenvalue weighted by molar-refractivity contribution is 5.80. The van der Waals surface area contributed by atoms with E-state index in [2.05, 4.69) is 41.4 Å². The molecule has 0 atom stereocenters. The van der Waals surface area contributed by atoms with Crippen LogP contribution in [0.1, 0.15) is 50.2 Å². The first-order chi connectivity index (χ1) is 13.1. The SMILES string of the molecule is CCCCCCC[n+]1ccc(Cc2ccccc2NNC(=O)C(F)F)cc1. The number of benzene rings is 1. The van der Waals surface area contributed by atoms with E-state index in [9.17, 15) is 13.6 Å². The third kappa shape index (κ3) is 7.33. The molecule has 2 N–H and O–H groups in total. The van der Waals surface area contributed by atoms with Crippen molar-refractivity contribution in [1.29, 1.82) is 0 Å². The molecule has 6 heteroatoms. The minimum absolute atomic E-state index is 0.610. The largest absolute Gasteiger partial charge is 0.317 e. The lowest BCUT2D eigenvalue weighted by molar-refractivity contribution is -0.697. The van der Waals surface area contributed by atoms with Crippen molar-refractivity contribution in [1.82, 2.24) is 5.43 Å². The summed E-state index contributed by atoms with van der Waals surface area (Å²) in [5, 5.41) is 0. The van der Waals surface area contributed by atoms with Crippen LogP contribution in [0.25, 0.3) is 0 Å². The molecule has 0 aliphatic heterocycles. The second-order valence-corrected chi connectivity index (χ2v) is 6.61. The maximum absolute atomic E-state index is 12.3. The van der Waals surface area contributed by atoms with Gasteiger partial charge in [-0.3, -0.25) is 15.6 Å². The maximum Gasteiger partial charge on any atom is 0.317 e. The first kappa shape index (κ1) is 20.8. The first-order valence-corrected chi connectivity index (χ1v) is 9.50. The van der Waals surface area contributed by atoms with E-state index in [1.54, 1.807) is 12.1 Å². The molecule has 2 rings (SSSR count). The molecule has 0 saturated carbocycles. The van der Waals surface area contributed by atoms with Gasteiger partial charge in [-0.05, 0) is 30.0 Å². The van der Waals surface area contributed by atoms with Crippen molar-refractivity contribution in [2.75, 3.05) is 5.43 Å². The molecule has 4 nitrogen and oxygen atoms in total. The van der Waals surface area contributed by atoms with Crippen LogP contribution < -0.4 is 15.4 Å². The number of hydrazine groups is 1. The molecular formula is C21H28F2N3O+. The normalized spacial score (nSPS) is 10.8. The van der Waals surface area contributed by atoms with Crippen LogP contribution in [0.4, 0.5) is 14.5 Å². The van der Waals surface area contributed by atoms with Crippen LogP contribution in [0.15, 0.2) is 48.8 Å². The van der Waals surface area contributed by atoms with E-state index in [0.29, 0.717) is 12.1 Å². The molecule has 0 unspecified atom stereocenters. The smallest absolute Gasteiger partial charge is 0.298 e. The molecule has 0 bridgehead atoms. The van der Waals surface area contributed by atoms with Crippen molar-refractivity contribution in [3.63, 3.8) is 0 Å². The highest BCUT2D eigenvalue weighted by atomic mass is 19.3. The van der Waals surface area contributed by atoms with Crippen molar-refractivity contribution in [3.05, 3.63) is 59.9 Å². The average Bonchev–Trinajstić information content (AvgIpc) is 2.68. The Bertz CT molecular complexity index is 705. The number of nitrogens with one attached hydrogen (secondary N) is 2. The Morgan fingerprint density at radius 2 is 1.74 bits per heavy atom. The molecule has 0 spiro atoms. The molecule has 1 aromatic carbocycles. The Balaban J connectivity index is 1.90. The van der Waals surface area contributed by atoms with Gasteiger partial charge >= 0.3 is 12.3 Å². The Morgan fingerprint density at radius 1 is 1.04 bits per heavy atom. The van der Waals surface area contributed by atoms with E-state index in [1.165, 1.54) is 32.1 Å². The van der Waals surface area contributed by atoms with Crippen molar-refractivity contribution >= 4 is 11.6 Å². The second kappa shape index (κ2) is 11.3. The fourth-order valence-electron chi connectivity index (χ4n) is 2.85. The van der Waals surface area contributed by atoms with E-state index in [0.717, 1.165) is 17.7 Å². The summed E-state index contributed by atoms with van der Waals surface area (Å²) in [5.74, 6) is -1.34. The summed E-state index contributed by atoms with van der Waals surface area (Å²) in [6.07, 6.45) is 8.03. The number of nitrogens with zero attached hydrogens (tertiary/aromatic N) is 1. The number of halogens is 2.